The van der Waals surface area contributed by atoms with E-state index in [1.54, 1.807) is 18.4 Å². The summed E-state index contributed by atoms with van der Waals surface area (Å²) in [6.07, 6.45) is 1.62. The van der Waals surface area contributed by atoms with Crippen LogP contribution in [-0.4, -0.2) is 11.1 Å². The summed E-state index contributed by atoms with van der Waals surface area (Å²) in [4.78, 5) is 11.9. The van der Waals surface area contributed by atoms with Crippen molar-refractivity contribution in [2.45, 2.75) is 17.6 Å². The Morgan fingerprint density at radius 2 is 2.18 bits per heavy atom. The molecule has 1 heterocycles. The highest BCUT2D eigenvalue weighted by Gasteiger charge is 2.12. The lowest BCUT2D eigenvalue weighted by molar-refractivity contribution is 0.0693. The third kappa shape index (κ3) is 2.71. The molecule has 0 saturated carbocycles. The second-order valence-corrected chi connectivity index (χ2v) is 4.61. The molecule has 1 aromatic carbocycles. The molecular weight excluding hydrogens is 236 g/mol. The Morgan fingerprint density at radius 3 is 2.82 bits per heavy atom. The Bertz CT molecular complexity index is 517. The summed E-state index contributed by atoms with van der Waals surface area (Å²) in [6, 6.07) is 9.00. The van der Waals surface area contributed by atoms with Crippen molar-refractivity contribution >= 4 is 17.7 Å². The SMILES string of the molecule is Cc1cccc(C(=O)O)c1SCc1ccco1. The molecule has 0 saturated heterocycles. The van der Waals surface area contributed by atoms with Gasteiger partial charge in [0.1, 0.15) is 5.76 Å². The highest BCUT2D eigenvalue weighted by molar-refractivity contribution is 7.98. The van der Waals surface area contributed by atoms with Gasteiger partial charge in [0.25, 0.3) is 0 Å². The average molecular weight is 248 g/mol. The van der Waals surface area contributed by atoms with Gasteiger partial charge in [-0.2, -0.15) is 0 Å². The van der Waals surface area contributed by atoms with Gasteiger partial charge in [-0.05, 0) is 30.7 Å². The standard InChI is InChI=1S/C13H12O3S/c1-9-4-2-6-11(13(14)15)12(9)17-8-10-5-3-7-16-10/h2-7H,8H2,1H3,(H,14,15). The molecule has 17 heavy (non-hydrogen) atoms. The van der Waals surface area contributed by atoms with Crippen LogP contribution in [0, 0.1) is 6.92 Å². The van der Waals surface area contributed by atoms with Crippen molar-refractivity contribution in [3.8, 4) is 0 Å². The molecule has 3 nitrogen and oxygen atoms in total. The van der Waals surface area contributed by atoms with Crippen molar-refractivity contribution in [2.75, 3.05) is 0 Å². The fraction of sp³-hybridized carbons (Fsp3) is 0.154. The van der Waals surface area contributed by atoms with Crippen LogP contribution in [0.15, 0.2) is 45.9 Å². The number of aromatic carboxylic acids is 1. The Kier molecular flexibility index (Phi) is 3.54. The fourth-order valence-electron chi connectivity index (χ4n) is 1.55. The minimum atomic E-state index is -0.893. The quantitative estimate of drug-likeness (QED) is 0.840. The van der Waals surface area contributed by atoms with Crippen molar-refractivity contribution in [2.24, 2.45) is 0 Å². The third-order valence-electron chi connectivity index (χ3n) is 2.38. The predicted molar refractivity (Wildman–Crippen MR) is 66.4 cm³/mol. The van der Waals surface area contributed by atoms with Crippen molar-refractivity contribution in [3.05, 3.63) is 53.5 Å². The van der Waals surface area contributed by atoms with Crippen LogP contribution < -0.4 is 0 Å². The molecule has 0 atom stereocenters. The average Bonchev–Trinajstić information content (AvgIpc) is 2.80. The van der Waals surface area contributed by atoms with E-state index in [1.165, 1.54) is 11.8 Å². The molecule has 0 fully saturated rings. The van der Waals surface area contributed by atoms with Gasteiger partial charge >= 0.3 is 5.97 Å². The first-order valence-corrected chi connectivity index (χ1v) is 6.15. The zero-order chi connectivity index (χ0) is 12.3. The Morgan fingerprint density at radius 1 is 1.35 bits per heavy atom. The molecule has 2 rings (SSSR count). The van der Waals surface area contributed by atoms with Crippen LogP contribution in [0.3, 0.4) is 0 Å². The van der Waals surface area contributed by atoms with Gasteiger partial charge in [-0.15, -0.1) is 11.8 Å². The number of carboxylic acids is 1. The van der Waals surface area contributed by atoms with Gasteiger partial charge in [0.15, 0.2) is 0 Å². The minimum absolute atomic E-state index is 0.349. The Hall–Kier alpha value is -1.68. The summed E-state index contributed by atoms with van der Waals surface area (Å²) >= 11 is 1.49. The summed E-state index contributed by atoms with van der Waals surface area (Å²) in [7, 11) is 0. The van der Waals surface area contributed by atoms with Gasteiger partial charge in [0.05, 0.1) is 17.6 Å². The zero-order valence-electron chi connectivity index (χ0n) is 9.34. The van der Waals surface area contributed by atoms with Gasteiger partial charge in [-0.3, -0.25) is 0 Å². The molecule has 1 aromatic heterocycles. The van der Waals surface area contributed by atoms with Crippen LogP contribution in [0.5, 0.6) is 0 Å². The summed E-state index contributed by atoms with van der Waals surface area (Å²) < 4.78 is 5.23. The summed E-state index contributed by atoms with van der Waals surface area (Å²) in [5, 5.41) is 9.11. The third-order valence-corrected chi connectivity index (χ3v) is 3.64. The number of furan rings is 1. The lowest BCUT2D eigenvalue weighted by Crippen LogP contribution is -2.00. The maximum atomic E-state index is 11.1. The van der Waals surface area contributed by atoms with Crippen LogP contribution >= 0.6 is 11.8 Å². The van der Waals surface area contributed by atoms with Crippen LogP contribution in [0.2, 0.25) is 0 Å². The molecule has 0 aliphatic carbocycles. The molecular formula is C13H12O3S. The number of hydrogen-bond donors (Lipinski definition) is 1. The first kappa shape index (κ1) is 11.8. The summed E-state index contributed by atoms with van der Waals surface area (Å²) in [5.74, 6) is 0.586. The summed E-state index contributed by atoms with van der Waals surface area (Å²) in [5.41, 5.74) is 1.32. The van der Waals surface area contributed by atoms with Crippen molar-refractivity contribution in [1.29, 1.82) is 0 Å². The van der Waals surface area contributed by atoms with E-state index in [4.69, 9.17) is 9.52 Å². The maximum absolute atomic E-state index is 11.1. The maximum Gasteiger partial charge on any atom is 0.336 e. The second-order valence-electron chi connectivity index (χ2n) is 3.62. The Labute approximate surface area is 103 Å². The zero-order valence-corrected chi connectivity index (χ0v) is 10.2. The molecule has 0 aliphatic rings. The first-order chi connectivity index (χ1) is 8.18. The largest absolute Gasteiger partial charge is 0.478 e. The molecule has 0 amide bonds. The van der Waals surface area contributed by atoms with Crippen LogP contribution in [-0.2, 0) is 5.75 Å². The van der Waals surface area contributed by atoms with E-state index >= 15 is 0 Å². The number of thioether (sulfide) groups is 1. The smallest absolute Gasteiger partial charge is 0.336 e. The fourth-order valence-corrected chi connectivity index (χ4v) is 2.61. The van der Waals surface area contributed by atoms with E-state index in [0.717, 1.165) is 16.2 Å². The summed E-state index contributed by atoms with van der Waals surface area (Å²) in [6.45, 7) is 1.91. The Balaban J connectivity index is 2.22. The highest BCUT2D eigenvalue weighted by Crippen LogP contribution is 2.29. The van der Waals surface area contributed by atoms with E-state index in [-0.39, 0.29) is 0 Å². The monoisotopic (exact) mass is 248 g/mol. The van der Waals surface area contributed by atoms with Crippen LogP contribution in [0.4, 0.5) is 0 Å². The van der Waals surface area contributed by atoms with E-state index < -0.39 is 5.97 Å². The number of benzene rings is 1. The molecule has 1 N–H and O–H groups in total. The van der Waals surface area contributed by atoms with Crippen molar-refractivity contribution in [1.82, 2.24) is 0 Å². The number of hydrogen-bond acceptors (Lipinski definition) is 3. The number of carboxylic acid groups (broad SMARTS) is 1. The van der Waals surface area contributed by atoms with E-state index in [9.17, 15) is 4.79 Å². The van der Waals surface area contributed by atoms with Crippen LogP contribution in [0.25, 0.3) is 0 Å². The number of carbonyl (C=O) groups is 1. The van der Waals surface area contributed by atoms with Crippen molar-refractivity contribution < 1.29 is 14.3 Å². The van der Waals surface area contributed by atoms with Gasteiger partial charge in [0.2, 0.25) is 0 Å². The van der Waals surface area contributed by atoms with E-state index in [1.807, 2.05) is 25.1 Å². The number of rotatable bonds is 4. The van der Waals surface area contributed by atoms with Crippen molar-refractivity contribution in [3.63, 3.8) is 0 Å². The minimum Gasteiger partial charge on any atom is -0.478 e. The second kappa shape index (κ2) is 5.10. The molecule has 0 bridgehead atoms. The lowest BCUT2D eigenvalue weighted by atomic mass is 10.1. The van der Waals surface area contributed by atoms with Gasteiger partial charge < -0.3 is 9.52 Å². The molecule has 2 aromatic rings. The van der Waals surface area contributed by atoms with Gasteiger partial charge in [-0.25, -0.2) is 4.79 Å². The molecule has 0 radical (unpaired) electrons. The molecule has 4 heteroatoms. The lowest BCUT2D eigenvalue weighted by Gasteiger charge is -2.08. The van der Waals surface area contributed by atoms with Gasteiger partial charge in [-0.1, -0.05) is 12.1 Å². The molecule has 0 aliphatic heterocycles. The normalized spacial score (nSPS) is 10.4. The molecule has 0 spiro atoms. The predicted octanol–water partition coefficient (Wildman–Crippen LogP) is 3.58. The number of aryl methyl sites for hydroxylation is 1. The molecule has 88 valence electrons. The first-order valence-electron chi connectivity index (χ1n) is 5.16. The topological polar surface area (TPSA) is 50.4 Å². The van der Waals surface area contributed by atoms with E-state index in [2.05, 4.69) is 0 Å². The van der Waals surface area contributed by atoms with Gasteiger partial charge in [0, 0.05) is 4.90 Å². The molecule has 0 unspecified atom stereocenters. The van der Waals surface area contributed by atoms with Crippen LogP contribution in [0.1, 0.15) is 21.7 Å². The highest BCUT2D eigenvalue weighted by atomic mass is 32.2. The van der Waals surface area contributed by atoms with E-state index in [0.29, 0.717) is 11.3 Å².